The summed E-state index contributed by atoms with van der Waals surface area (Å²) in [4.78, 5) is 0. The summed E-state index contributed by atoms with van der Waals surface area (Å²) in [5.74, 6) is 0.504. The van der Waals surface area contributed by atoms with Crippen LogP contribution in [0.2, 0.25) is 0 Å². The molecule has 1 heteroatoms. The fraction of sp³-hybridized carbons (Fsp3) is 0.273. The topological polar surface area (TPSA) is 0 Å². The maximum Gasteiger partial charge on any atom is 0.0474 e. The van der Waals surface area contributed by atoms with Crippen LogP contribution in [0.25, 0.3) is 5.57 Å². The van der Waals surface area contributed by atoms with Crippen LogP contribution in [0.5, 0.6) is 0 Å². The summed E-state index contributed by atoms with van der Waals surface area (Å²) in [6.45, 7) is 8.07. The fourth-order valence-electron chi connectivity index (χ4n) is 1.28. The lowest BCUT2D eigenvalue weighted by molar-refractivity contribution is 1.35. The number of allylic oxidation sites excluding steroid dienone is 1. The van der Waals surface area contributed by atoms with Gasteiger partial charge < -0.3 is 0 Å². The summed E-state index contributed by atoms with van der Waals surface area (Å²) >= 11 is 5.70. The molecule has 0 aliphatic heterocycles. The molecule has 0 spiro atoms. The van der Waals surface area contributed by atoms with Crippen LogP contribution in [0.15, 0.2) is 24.8 Å². The van der Waals surface area contributed by atoms with E-state index in [4.69, 9.17) is 11.6 Å². The predicted octanol–water partition coefficient (Wildman–Crippen LogP) is 3.56. The Balaban J connectivity index is 3.09. The summed E-state index contributed by atoms with van der Waals surface area (Å²) in [7, 11) is 0. The molecule has 0 nitrogen and oxygen atoms in total. The Labute approximate surface area is 78.9 Å². The molecule has 0 aliphatic rings. The predicted molar refractivity (Wildman–Crippen MR) is 55.7 cm³/mol. The van der Waals surface area contributed by atoms with Gasteiger partial charge in [-0.25, -0.2) is 0 Å². The molecule has 0 aliphatic carbocycles. The highest BCUT2D eigenvalue weighted by Crippen LogP contribution is 2.19. The van der Waals surface area contributed by atoms with Gasteiger partial charge in [-0.15, -0.1) is 11.6 Å². The quantitative estimate of drug-likeness (QED) is 0.611. The second kappa shape index (κ2) is 3.77. The van der Waals surface area contributed by atoms with Gasteiger partial charge in [-0.2, -0.15) is 0 Å². The highest BCUT2D eigenvalue weighted by molar-refractivity contribution is 6.23. The van der Waals surface area contributed by atoms with Crippen molar-refractivity contribution >= 4 is 17.2 Å². The van der Waals surface area contributed by atoms with Gasteiger partial charge in [0, 0.05) is 5.88 Å². The van der Waals surface area contributed by atoms with E-state index in [1.54, 1.807) is 0 Å². The highest BCUT2D eigenvalue weighted by atomic mass is 35.5. The average Bonchev–Trinajstić information content (AvgIpc) is 2.03. The van der Waals surface area contributed by atoms with E-state index in [9.17, 15) is 0 Å². The molecule has 64 valence electrons. The summed E-state index contributed by atoms with van der Waals surface area (Å²) in [5, 5.41) is 0. The molecule has 0 bridgehead atoms. The zero-order valence-electron chi connectivity index (χ0n) is 7.52. The van der Waals surface area contributed by atoms with Crippen LogP contribution in [0.1, 0.15) is 16.7 Å². The number of hydrogen-bond donors (Lipinski definition) is 0. The van der Waals surface area contributed by atoms with Crippen molar-refractivity contribution < 1.29 is 0 Å². The zero-order valence-corrected chi connectivity index (χ0v) is 8.28. The fourth-order valence-corrected chi connectivity index (χ4v) is 1.43. The Kier molecular flexibility index (Phi) is 2.93. The Bertz CT molecular complexity index is 300. The molecule has 0 heterocycles. The average molecular weight is 181 g/mol. The SMILES string of the molecule is C=C(CCl)c1ccc(C)cc1C. The van der Waals surface area contributed by atoms with Crippen molar-refractivity contribution in [3.8, 4) is 0 Å². The molecular formula is C11H13Cl. The summed E-state index contributed by atoms with van der Waals surface area (Å²) in [6, 6.07) is 6.31. The number of alkyl halides is 1. The van der Waals surface area contributed by atoms with E-state index >= 15 is 0 Å². The Hall–Kier alpha value is -0.750. The van der Waals surface area contributed by atoms with E-state index in [0.29, 0.717) is 5.88 Å². The van der Waals surface area contributed by atoms with Crippen LogP contribution in [0.3, 0.4) is 0 Å². The number of hydrogen-bond acceptors (Lipinski definition) is 0. The van der Waals surface area contributed by atoms with Crippen molar-refractivity contribution in [2.75, 3.05) is 5.88 Å². The Morgan fingerprint density at radius 2 is 2.08 bits per heavy atom. The van der Waals surface area contributed by atoms with Gasteiger partial charge in [0.2, 0.25) is 0 Å². The molecule has 0 atom stereocenters. The number of rotatable bonds is 2. The van der Waals surface area contributed by atoms with Crippen molar-refractivity contribution in [2.24, 2.45) is 0 Å². The molecule has 0 N–H and O–H groups in total. The lowest BCUT2D eigenvalue weighted by atomic mass is 10.0. The third-order valence-electron chi connectivity index (χ3n) is 1.92. The maximum absolute atomic E-state index is 5.70. The lowest BCUT2D eigenvalue weighted by Crippen LogP contribution is -1.89. The van der Waals surface area contributed by atoms with Crippen molar-refractivity contribution in [3.05, 3.63) is 41.5 Å². The molecule has 1 aromatic rings. The van der Waals surface area contributed by atoms with Gasteiger partial charge in [-0.3, -0.25) is 0 Å². The molecule has 1 aromatic carbocycles. The molecule has 0 unspecified atom stereocenters. The largest absolute Gasteiger partial charge is 0.122 e. The van der Waals surface area contributed by atoms with Crippen molar-refractivity contribution in [3.63, 3.8) is 0 Å². The van der Waals surface area contributed by atoms with E-state index in [-0.39, 0.29) is 0 Å². The summed E-state index contributed by atoms with van der Waals surface area (Å²) in [5.41, 5.74) is 4.70. The van der Waals surface area contributed by atoms with E-state index in [1.807, 2.05) is 0 Å². The monoisotopic (exact) mass is 180 g/mol. The first kappa shape index (κ1) is 9.34. The molecule has 0 aromatic heterocycles. The van der Waals surface area contributed by atoms with Crippen LogP contribution in [-0.2, 0) is 0 Å². The van der Waals surface area contributed by atoms with Gasteiger partial charge in [0.05, 0.1) is 0 Å². The number of benzene rings is 1. The molecule has 0 amide bonds. The molecule has 0 saturated carbocycles. The van der Waals surface area contributed by atoms with Gasteiger partial charge in [0.1, 0.15) is 0 Å². The molecular weight excluding hydrogens is 168 g/mol. The van der Waals surface area contributed by atoms with Gasteiger partial charge in [0.25, 0.3) is 0 Å². The standard InChI is InChI=1S/C11H13Cl/c1-8-4-5-11(9(2)6-8)10(3)7-12/h4-6H,3,7H2,1-2H3. The molecule has 1 rings (SSSR count). The third kappa shape index (κ3) is 1.89. The van der Waals surface area contributed by atoms with Crippen LogP contribution >= 0.6 is 11.6 Å². The molecule has 0 radical (unpaired) electrons. The minimum atomic E-state index is 0.504. The van der Waals surface area contributed by atoms with E-state index in [0.717, 1.165) is 5.57 Å². The van der Waals surface area contributed by atoms with Crippen LogP contribution in [0, 0.1) is 13.8 Å². The van der Waals surface area contributed by atoms with E-state index in [1.165, 1.54) is 16.7 Å². The molecule has 0 fully saturated rings. The summed E-state index contributed by atoms with van der Waals surface area (Å²) in [6.07, 6.45) is 0. The molecule has 12 heavy (non-hydrogen) atoms. The second-order valence-corrected chi connectivity index (χ2v) is 3.32. The second-order valence-electron chi connectivity index (χ2n) is 3.06. The van der Waals surface area contributed by atoms with Gasteiger partial charge in [-0.1, -0.05) is 30.3 Å². The summed E-state index contributed by atoms with van der Waals surface area (Å²) < 4.78 is 0. The van der Waals surface area contributed by atoms with Crippen molar-refractivity contribution in [2.45, 2.75) is 13.8 Å². The van der Waals surface area contributed by atoms with Crippen LogP contribution in [-0.4, -0.2) is 5.88 Å². The Morgan fingerprint density at radius 1 is 1.42 bits per heavy atom. The zero-order chi connectivity index (χ0) is 9.14. The van der Waals surface area contributed by atoms with Crippen molar-refractivity contribution in [1.82, 2.24) is 0 Å². The van der Waals surface area contributed by atoms with Crippen molar-refractivity contribution in [1.29, 1.82) is 0 Å². The van der Waals surface area contributed by atoms with Gasteiger partial charge in [-0.05, 0) is 30.5 Å². The van der Waals surface area contributed by atoms with E-state index in [2.05, 4.69) is 38.6 Å². The van der Waals surface area contributed by atoms with E-state index < -0.39 is 0 Å². The van der Waals surface area contributed by atoms with Gasteiger partial charge >= 0.3 is 0 Å². The smallest absolute Gasteiger partial charge is 0.0474 e. The molecule has 0 saturated heterocycles. The first-order valence-electron chi connectivity index (χ1n) is 3.96. The van der Waals surface area contributed by atoms with Crippen LogP contribution in [0.4, 0.5) is 0 Å². The first-order chi connectivity index (χ1) is 5.65. The lowest BCUT2D eigenvalue weighted by Gasteiger charge is -2.06. The highest BCUT2D eigenvalue weighted by Gasteiger charge is 2.00. The number of aryl methyl sites for hydroxylation is 2. The van der Waals surface area contributed by atoms with Crippen LogP contribution < -0.4 is 0 Å². The third-order valence-corrected chi connectivity index (χ3v) is 2.25. The first-order valence-corrected chi connectivity index (χ1v) is 4.50. The minimum absolute atomic E-state index is 0.504. The van der Waals surface area contributed by atoms with Gasteiger partial charge in [0.15, 0.2) is 0 Å². The maximum atomic E-state index is 5.70. The Morgan fingerprint density at radius 3 is 2.58 bits per heavy atom. The normalized spacial score (nSPS) is 9.92. The number of halogens is 1. The minimum Gasteiger partial charge on any atom is -0.122 e.